The molecule has 2 aromatic heterocycles. The molecule has 0 saturated carbocycles. The Morgan fingerprint density at radius 3 is 2.45 bits per heavy atom. The van der Waals surface area contributed by atoms with E-state index in [-0.39, 0.29) is 5.78 Å². The Labute approximate surface area is 190 Å². The van der Waals surface area contributed by atoms with E-state index in [2.05, 4.69) is 23.2 Å². The summed E-state index contributed by atoms with van der Waals surface area (Å²) in [5, 5.41) is 11.5. The van der Waals surface area contributed by atoms with Crippen molar-refractivity contribution in [2.24, 2.45) is 0 Å². The van der Waals surface area contributed by atoms with Gasteiger partial charge in [0.1, 0.15) is 5.75 Å². The number of nitrogens with zero attached hydrogens (tertiary/aromatic N) is 3. The minimum atomic E-state index is 0.0903. The van der Waals surface area contributed by atoms with E-state index >= 15 is 0 Å². The van der Waals surface area contributed by atoms with Crippen LogP contribution in [0, 0.1) is 20.8 Å². The number of aryl methyl sites for hydroxylation is 3. The van der Waals surface area contributed by atoms with Crippen LogP contribution >= 0.6 is 23.1 Å². The fourth-order valence-corrected chi connectivity index (χ4v) is 4.90. The lowest BCUT2D eigenvalue weighted by Crippen LogP contribution is -2.07. The van der Waals surface area contributed by atoms with E-state index in [1.165, 1.54) is 17.3 Å². The zero-order chi connectivity index (χ0) is 22.0. The maximum Gasteiger partial charge on any atom is 0.196 e. The summed E-state index contributed by atoms with van der Waals surface area (Å²) in [7, 11) is 1.65. The predicted molar refractivity (Wildman–Crippen MR) is 127 cm³/mol. The average Bonchev–Trinajstić information content (AvgIpc) is 3.44. The number of ether oxygens (including phenoxy) is 1. The normalized spacial score (nSPS) is 11.0. The summed E-state index contributed by atoms with van der Waals surface area (Å²) in [6, 6.07) is 15.8. The number of rotatable bonds is 7. The minimum Gasteiger partial charge on any atom is -0.497 e. The van der Waals surface area contributed by atoms with Crippen molar-refractivity contribution in [2.45, 2.75) is 25.9 Å². The van der Waals surface area contributed by atoms with E-state index in [1.54, 1.807) is 18.4 Å². The van der Waals surface area contributed by atoms with Gasteiger partial charge in [0.2, 0.25) is 0 Å². The van der Waals surface area contributed by atoms with Crippen molar-refractivity contribution in [1.82, 2.24) is 14.8 Å². The van der Waals surface area contributed by atoms with Crippen LogP contribution < -0.4 is 4.74 Å². The highest BCUT2D eigenvalue weighted by Crippen LogP contribution is 2.31. The van der Waals surface area contributed by atoms with Crippen LogP contribution in [0.1, 0.15) is 27.0 Å². The van der Waals surface area contributed by atoms with Crippen molar-refractivity contribution in [2.75, 3.05) is 12.9 Å². The third-order valence-electron chi connectivity index (χ3n) is 5.18. The highest BCUT2D eigenvalue weighted by molar-refractivity contribution is 7.99. The zero-order valence-corrected chi connectivity index (χ0v) is 19.5. The molecular formula is C24H23N3O2S2. The summed E-state index contributed by atoms with van der Waals surface area (Å²) in [6.07, 6.45) is 0. The molecule has 0 saturated heterocycles. The molecule has 0 radical (unpaired) electrons. The number of thioether (sulfide) groups is 1. The summed E-state index contributed by atoms with van der Waals surface area (Å²) in [5.41, 5.74) is 5.02. The first kappa shape index (κ1) is 21.3. The van der Waals surface area contributed by atoms with Crippen LogP contribution in [0.2, 0.25) is 0 Å². The molecule has 158 valence electrons. The van der Waals surface area contributed by atoms with E-state index in [0.29, 0.717) is 10.9 Å². The zero-order valence-electron chi connectivity index (χ0n) is 17.9. The summed E-state index contributed by atoms with van der Waals surface area (Å²) in [6.45, 7) is 6.08. The van der Waals surface area contributed by atoms with Crippen LogP contribution in [0.25, 0.3) is 16.4 Å². The Kier molecular flexibility index (Phi) is 6.25. The molecule has 0 spiro atoms. The number of thiophene rings is 1. The molecule has 0 aliphatic carbocycles. The smallest absolute Gasteiger partial charge is 0.196 e. The molecule has 4 rings (SSSR count). The second-order valence-electron chi connectivity index (χ2n) is 7.28. The van der Waals surface area contributed by atoms with Crippen molar-refractivity contribution in [3.05, 3.63) is 76.2 Å². The van der Waals surface area contributed by atoms with Crippen molar-refractivity contribution in [3.8, 4) is 22.1 Å². The Morgan fingerprint density at radius 1 is 1.03 bits per heavy atom. The molecule has 0 unspecified atom stereocenters. The quantitative estimate of drug-likeness (QED) is 0.259. The lowest BCUT2D eigenvalue weighted by Gasteiger charge is -2.11. The number of ketones is 1. The van der Waals surface area contributed by atoms with Gasteiger partial charge in [-0.1, -0.05) is 23.9 Å². The van der Waals surface area contributed by atoms with Gasteiger partial charge in [-0.3, -0.25) is 9.36 Å². The van der Waals surface area contributed by atoms with Gasteiger partial charge in [0.05, 0.1) is 23.4 Å². The van der Waals surface area contributed by atoms with Gasteiger partial charge in [-0.2, -0.15) is 0 Å². The van der Waals surface area contributed by atoms with Gasteiger partial charge < -0.3 is 4.74 Å². The van der Waals surface area contributed by atoms with Crippen LogP contribution in [-0.2, 0) is 0 Å². The van der Waals surface area contributed by atoms with Crippen molar-refractivity contribution >= 4 is 28.9 Å². The van der Waals surface area contributed by atoms with Gasteiger partial charge in [0.15, 0.2) is 16.8 Å². The van der Waals surface area contributed by atoms with Gasteiger partial charge in [-0.05, 0) is 79.2 Å². The minimum absolute atomic E-state index is 0.0903. The van der Waals surface area contributed by atoms with Crippen molar-refractivity contribution < 1.29 is 9.53 Å². The number of Topliss-reactive ketones (excluding diaryl/α,β-unsaturated/α-hetero) is 1. The van der Waals surface area contributed by atoms with E-state index in [9.17, 15) is 4.79 Å². The van der Waals surface area contributed by atoms with Gasteiger partial charge in [-0.25, -0.2) is 0 Å². The average molecular weight is 450 g/mol. The molecule has 7 heteroatoms. The van der Waals surface area contributed by atoms with Crippen LogP contribution in [0.5, 0.6) is 5.75 Å². The Morgan fingerprint density at radius 2 is 1.77 bits per heavy atom. The summed E-state index contributed by atoms with van der Waals surface area (Å²) in [5.74, 6) is 1.93. The molecule has 0 aliphatic heterocycles. The second-order valence-corrected chi connectivity index (χ2v) is 9.17. The third-order valence-corrected chi connectivity index (χ3v) is 6.97. The van der Waals surface area contributed by atoms with E-state index < -0.39 is 0 Å². The molecule has 2 heterocycles. The van der Waals surface area contributed by atoms with Gasteiger partial charge >= 0.3 is 0 Å². The Hall–Kier alpha value is -2.90. The maximum absolute atomic E-state index is 13.0. The largest absolute Gasteiger partial charge is 0.497 e. The highest BCUT2D eigenvalue weighted by atomic mass is 32.2. The van der Waals surface area contributed by atoms with Crippen LogP contribution in [0.15, 0.2) is 59.1 Å². The fraction of sp³-hybridized carbons (Fsp3) is 0.208. The molecule has 4 aromatic rings. The van der Waals surface area contributed by atoms with E-state index in [4.69, 9.17) is 4.74 Å². The van der Waals surface area contributed by atoms with Gasteiger partial charge in [0.25, 0.3) is 0 Å². The van der Waals surface area contributed by atoms with Crippen LogP contribution in [-0.4, -0.2) is 33.4 Å². The summed E-state index contributed by atoms with van der Waals surface area (Å²) < 4.78 is 7.28. The number of carbonyl (C=O) groups excluding carboxylic acids is 1. The fourth-order valence-electron chi connectivity index (χ4n) is 3.36. The molecule has 31 heavy (non-hydrogen) atoms. The number of methoxy groups -OCH3 is 1. The standard InChI is InChI=1S/C24H23N3O2S2/c1-15-12-17(3)20(13-16(15)2)21(28)14-31-24-26-25-23(22-6-5-11-30-22)27(24)18-7-9-19(29-4)10-8-18/h5-13H,14H2,1-4H3. The summed E-state index contributed by atoms with van der Waals surface area (Å²) >= 11 is 3.01. The predicted octanol–water partition coefficient (Wildman–Crippen LogP) is 5.90. The molecule has 0 bridgehead atoms. The molecule has 0 N–H and O–H groups in total. The van der Waals surface area contributed by atoms with Crippen molar-refractivity contribution in [1.29, 1.82) is 0 Å². The second kappa shape index (κ2) is 9.08. The number of aromatic nitrogens is 3. The Balaban J connectivity index is 1.65. The SMILES string of the molecule is COc1ccc(-n2c(SCC(=O)c3cc(C)c(C)cc3C)nnc2-c2cccs2)cc1. The van der Waals surface area contributed by atoms with Crippen LogP contribution in [0.4, 0.5) is 0 Å². The lowest BCUT2D eigenvalue weighted by atomic mass is 9.99. The van der Waals surface area contributed by atoms with Crippen LogP contribution in [0.3, 0.4) is 0 Å². The number of hydrogen-bond donors (Lipinski definition) is 0. The number of hydrogen-bond acceptors (Lipinski definition) is 6. The first-order valence-corrected chi connectivity index (χ1v) is 11.7. The molecule has 0 atom stereocenters. The topological polar surface area (TPSA) is 57.0 Å². The maximum atomic E-state index is 13.0. The number of benzene rings is 2. The summed E-state index contributed by atoms with van der Waals surface area (Å²) in [4.78, 5) is 14.0. The third kappa shape index (κ3) is 4.43. The monoisotopic (exact) mass is 449 g/mol. The molecule has 5 nitrogen and oxygen atoms in total. The van der Waals surface area contributed by atoms with Crippen molar-refractivity contribution in [3.63, 3.8) is 0 Å². The molecule has 0 fully saturated rings. The highest BCUT2D eigenvalue weighted by Gasteiger charge is 2.19. The van der Waals surface area contributed by atoms with Gasteiger partial charge in [0, 0.05) is 5.56 Å². The molecule has 0 aliphatic rings. The van der Waals surface area contributed by atoms with E-state index in [0.717, 1.165) is 38.8 Å². The molecule has 2 aromatic carbocycles. The molecular weight excluding hydrogens is 426 g/mol. The first-order chi connectivity index (χ1) is 15.0. The lowest BCUT2D eigenvalue weighted by molar-refractivity contribution is 0.102. The number of carbonyl (C=O) groups is 1. The molecule has 0 amide bonds. The first-order valence-electron chi connectivity index (χ1n) is 9.85. The van der Waals surface area contributed by atoms with Gasteiger partial charge in [-0.15, -0.1) is 21.5 Å². The van der Waals surface area contributed by atoms with E-state index in [1.807, 2.05) is 66.3 Å². The Bertz CT molecular complexity index is 1210.